The van der Waals surface area contributed by atoms with Crippen LogP contribution in [0.25, 0.3) is 22.3 Å². The number of carbonyl (C=O) groups is 1. The number of benzene rings is 2. The highest BCUT2D eigenvalue weighted by Crippen LogP contribution is 2.33. The highest BCUT2D eigenvalue weighted by atomic mass is 35.5. The van der Waals surface area contributed by atoms with Gasteiger partial charge in [-0.05, 0) is 48.5 Å². The number of urea groups is 1. The van der Waals surface area contributed by atoms with Crippen molar-refractivity contribution in [3.63, 3.8) is 0 Å². The van der Waals surface area contributed by atoms with E-state index in [1.807, 2.05) is 18.2 Å². The number of aromatic nitrogens is 3. The van der Waals surface area contributed by atoms with E-state index in [0.717, 1.165) is 20.9 Å². The quantitative estimate of drug-likeness (QED) is 0.335. The smallest absolute Gasteiger partial charge is 0.336 e. The number of nitrogens with one attached hydrogen (secondary N) is 2. The van der Waals surface area contributed by atoms with Crippen molar-refractivity contribution >= 4 is 64.5 Å². The molecule has 0 atom stereocenters. The molecule has 152 valence electrons. The van der Waals surface area contributed by atoms with Crippen molar-refractivity contribution in [3.8, 4) is 17.0 Å². The number of halogens is 2. The number of fused-ring (bicyclic) bond motifs is 1. The van der Waals surface area contributed by atoms with Gasteiger partial charge in [-0.1, -0.05) is 36.0 Å². The van der Waals surface area contributed by atoms with E-state index in [9.17, 15) is 4.79 Å². The molecule has 0 saturated carbocycles. The van der Waals surface area contributed by atoms with E-state index >= 15 is 0 Å². The molecular weight excluding hydrogens is 445 g/mol. The fraction of sp³-hybridized carbons (Fsp3) is 0.0500. The first-order valence-corrected chi connectivity index (χ1v) is 9.85. The number of carbonyl (C=O) groups excluding carboxylic acids is 1. The molecule has 0 bridgehead atoms. The first-order valence-electron chi connectivity index (χ1n) is 8.69. The Labute approximate surface area is 187 Å². The maximum absolute atomic E-state index is 12.8. The Morgan fingerprint density at radius 3 is 2.60 bits per heavy atom. The highest BCUT2D eigenvalue weighted by Gasteiger charge is 2.17. The summed E-state index contributed by atoms with van der Waals surface area (Å²) >= 11 is 16.3. The van der Waals surface area contributed by atoms with Gasteiger partial charge in [0.05, 0.1) is 24.7 Å². The molecule has 2 heterocycles. The minimum atomic E-state index is -0.505. The fourth-order valence-corrected chi connectivity index (χ4v) is 3.63. The molecule has 0 saturated heterocycles. The van der Waals surface area contributed by atoms with Crippen molar-refractivity contribution in [2.24, 2.45) is 0 Å². The zero-order valence-corrected chi connectivity index (χ0v) is 18.0. The molecule has 7 nitrogen and oxygen atoms in total. The summed E-state index contributed by atoms with van der Waals surface area (Å²) in [5, 5.41) is 12.5. The molecule has 4 aromatic rings. The maximum Gasteiger partial charge on any atom is 0.336 e. The second-order valence-electron chi connectivity index (χ2n) is 6.30. The SMILES string of the molecule is COc1ccc(-c2cc3ccnnc3[nH]2)cc1NC(=O)N(S)c1cc(Cl)cc(Cl)c1. The Balaban J connectivity index is 1.64. The molecule has 2 amide bonds. The van der Waals surface area contributed by atoms with Crippen molar-refractivity contribution in [1.29, 1.82) is 0 Å². The van der Waals surface area contributed by atoms with Crippen LogP contribution in [-0.4, -0.2) is 28.3 Å². The van der Waals surface area contributed by atoms with E-state index in [-0.39, 0.29) is 0 Å². The van der Waals surface area contributed by atoms with Crippen LogP contribution in [0.5, 0.6) is 5.75 Å². The van der Waals surface area contributed by atoms with Gasteiger partial charge in [-0.2, -0.15) is 5.10 Å². The van der Waals surface area contributed by atoms with E-state index in [1.54, 1.807) is 36.5 Å². The van der Waals surface area contributed by atoms with Crippen LogP contribution in [0.2, 0.25) is 10.0 Å². The number of hydrogen-bond acceptors (Lipinski definition) is 5. The third kappa shape index (κ3) is 4.16. The molecule has 0 aliphatic heterocycles. The molecule has 4 rings (SSSR count). The lowest BCUT2D eigenvalue weighted by Gasteiger charge is -2.18. The molecule has 0 unspecified atom stereocenters. The summed E-state index contributed by atoms with van der Waals surface area (Å²) in [7, 11) is 1.53. The fourth-order valence-electron chi connectivity index (χ4n) is 2.95. The number of aromatic amines is 1. The Morgan fingerprint density at radius 1 is 1.13 bits per heavy atom. The molecule has 0 fully saturated rings. The average molecular weight is 460 g/mol. The maximum atomic E-state index is 12.8. The van der Waals surface area contributed by atoms with Gasteiger partial charge in [0, 0.05) is 26.7 Å². The van der Waals surface area contributed by atoms with Gasteiger partial charge in [-0.25, -0.2) is 9.10 Å². The summed E-state index contributed by atoms with van der Waals surface area (Å²) in [6, 6.07) is 13.5. The summed E-state index contributed by atoms with van der Waals surface area (Å²) in [6.45, 7) is 0. The first-order chi connectivity index (χ1) is 14.4. The number of nitrogens with zero attached hydrogens (tertiary/aromatic N) is 3. The van der Waals surface area contributed by atoms with Gasteiger partial charge in [-0.3, -0.25) is 0 Å². The molecule has 2 aromatic carbocycles. The molecule has 2 N–H and O–H groups in total. The molecule has 0 radical (unpaired) electrons. The standard InChI is InChI=1S/C20H15Cl2N5O2S/c1-29-18-3-2-11(16-7-12-4-5-23-26-19(12)24-16)6-17(18)25-20(28)27(30)15-9-13(21)8-14(22)10-15/h2-10,30H,1H3,(H,24,26)(H,25,28). The third-order valence-corrected chi connectivity index (χ3v) is 5.19. The van der Waals surface area contributed by atoms with Crippen LogP contribution in [0.15, 0.2) is 54.7 Å². The van der Waals surface area contributed by atoms with Crippen LogP contribution in [0.3, 0.4) is 0 Å². The van der Waals surface area contributed by atoms with Crippen molar-refractivity contribution in [3.05, 3.63) is 64.8 Å². The molecule has 10 heteroatoms. The van der Waals surface area contributed by atoms with Crippen molar-refractivity contribution in [2.45, 2.75) is 0 Å². The summed E-state index contributed by atoms with van der Waals surface area (Å²) < 4.78 is 6.50. The van der Waals surface area contributed by atoms with Crippen LogP contribution in [-0.2, 0) is 0 Å². The summed E-state index contributed by atoms with van der Waals surface area (Å²) in [6.07, 6.45) is 1.63. The summed E-state index contributed by atoms with van der Waals surface area (Å²) in [5.41, 5.74) is 3.23. The number of rotatable bonds is 4. The van der Waals surface area contributed by atoms with Crippen LogP contribution >= 0.6 is 36.0 Å². The molecular formula is C20H15Cl2N5O2S. The summed E-state index contributed by atoms with van der Waals surface area (Å²) in [4.78, 5) is 16.0. The van der Waals surface area contributed by atoms with E-state index in [4.69, 9.17) is 27.9 Å². The third-order valence-electron chi connectivity index (χ3n) is 4.34. The zero-order chi connectivity index (χ0) is 21.3. The number of H-pyrrole nitrogens is 1. The molecule has 2 aromatic heterocycles. The Kier molecular flexibility index (Phi) is 5.72. The molecule has 0 aliphatic rings. The van der Waals surface area contributed by atoms with Crippen molar-refractivity contribution in [2.75, 3.05) is 16.7 Å². The second-order valence-corrected chi connectivity index (χ2v) is 7.58. The van der Waals surface area contributed by atoms with E-state index < -0.39 is 6.03 Å². The van der Waals surface area contributed by atoms with Gasteiger partial charge in [-0.15, -0.1) is 5.10 Å². The van der Waals surface area contributed by atoms with Gasteiger partial charge in [0.1, 0.15) is 5.75 Å². The minimum Gasteiger partial charge on any atom is -0.495 e. The van der Waals surface area contributed by atoms with Crippen LogP contribution in [0.1, 0.15) is 0 Å². The van der Waals surface area contributed by atoms with E-state index in [0.29, 0.717) is 32.8 Å². The van der Waals surface area contributed by atoms with Crippen LogP contribution < -0.4 is 14.4 Å². The lowest BCUT2D eigenvalue weighted by atomic mass is 10.1. The van der Waals surface area contributed by atoms with Gasteiger partial charge in [0.15, 0.2) is 5.65 Å². The largest absolute Gasteiger partial charge is 0.495 e. The van der Waals surface area contributed by atoms with Gasteiger partial charge in [0.2, 0.25) is 0 Å². The highest BCUT2D eigenvalue weighted by molar-refractivity contribution is 7.82. The van der Waals surface area contributed by atoms with Gasteiger partial charge >= 0.3 is 6.03 Å². The number of amides is 2. The number of hydrogen-bond donors (Lipinski definition) is 3. The Hall–Kier alpha value is -2.94. The Morgan fingerprint density at radius 2 is 1.90 bits per heavy atom. The normalized spacial score (nSPS) is 10.8. The van der Waals surface area contributed by atoms with Crippen molar-refractivity contribution < 1.29 is 9.53 Å². The monoisotopic (exact) mass is 459 g/mol. The predicted molar refractivity (Wildman–Crippen MR) is 123 cm³/mol. The van der Waals surface area contributed by atoms with Crippen LogP contribution in [0, 0.1) is 0 Å². The number of anilines is 2. The molecule has 30 heavy (non-hydrogen) atoms. The lowest BCUT2D eigenvalue weighted by Crippen LogP contribution is -2.27. The number of thiol groups is 1. The van der Waals surface area contributed by atoms with Crippen LogP contribution in [0.4, 0.5) is 16.2 Å². The van der Waals surface area contributed by atoms with Gasteiger partial charge in [0.25, 0.3) is 0 Å². The number of ether oxygens (including phenoxy) is 1. The molecule has 0 aliphatic carbocycles. The van der Waals surface area contributed by atoms with Gasteiger partial charge < -0.3 is 15.0 Å². The first kappa shape index (κ1) is 20.3. The zero-order valence-electron chi connectivity index (χ0n) is 15.6. The van der Waals surface area contributed by atoms with E-state index in [1.165, 1.54) is 7.11 Å². The Bertz CT molecular complexity index is 1190. The summed E-state index contributed by atoms with van der Waals surface area (Å²) in [5.74, 6) is 0.494. The topological polar surface area (TPSA) is 83.1 Å². The van der Waals surface area contributed by atoms with Crippen molar-refractivity contribution in [1.82, 2.24) is 15.2 Å². The molecule has 0 spiro atoms. The predicted octanol–water partition coefficient (Wildman–Crippen LogP) is 5.82. The second kappa shape index (κ2) is 8.43. The lowest BCUT2D eigenvalue weighted by molar-refractivity contribution is 0.260. The van der Waals surface area contributed by atoms with E-state index in [2.05, 4.69) is 33.3 Å². The number of methoxy groups -OCH3 is 1. The average Bonchev–Trinajstić information content (AvgIpc) is 3.16. The minimum absolute atomic E-state index is 0.394.